The molecule has 1 atom stereocenters. The Balaban J connectivity index is 0.00000112. The summed E-state index contributed by atoms with van der Waals surface area (Å²) < 4.78 is 5.28. The predicted molar refractivity (Wildman–Crippen MR) is 58.5 cm³/mol. The van der Waals surface area contributed by atoms with Gasteiger partial charge in [0, 0.05) is 19.3 Å². The molecule has 2 rings (SSSR count). The van der Waals surface area contributed by atoms with E-state index in [0.29, 0.717) is 6.04 Å². The minimum absolute atomic E-state index is 0. The molecule has 4 nitrogen and oxygen atoms in total. The highest BCUT2D eigenvalue weighted by atomic mass is 35.5. The highest BCUT2D eigenvalue weighted by Gasteiger charge is 2.35. The van der Waals surface area contributed by atoms with Crippen LogP contribution in [0.1, 0.15) is 25.7 Å². The second-order valence-corrected chi connectivity index (χ2v) is 4.08. The first-order chi connectivity index (χ1) is 6.79. The number of carbonyl (C=O) groups is 1. The van der Waals surface area contributed by atoms with Gasteiger partial charge in [-0.25, -0.2) is 0 Å². The molecule has 0 aromatic carbocycles. The quantitative estimate of drug-likeness (QED) is 0.780. The third-order valence-corrected chi connectivity index (χ3v) is 3.24. The van der Waals surface area contributed by atoms with E-state index in [1.165, 1.54) is 0 Å². The zero-order chi connectivity index (χ0) is 9.97. The van der Waals surface area contributed by atoms with Crippen molar-refractivity contribution < 1.29 is 14.6 Å². The van der Waals surface area contributed by atoms with E-state index in [4.69, 9.17) is 9.84 Å². The van der Waals surface area contributed by atoms with Crippen LogP contribution in [0.25, 0.3) is 0 Å². The second-order valence-electron chi connectivity index (χ2n) is 4.08. The van der Waals surface area contributed by atoms with Crippen LogP contribution in [0.15, 0.2) is 0 Å². The molecular formula is C10H18ClNO3. The van der Waals surface area contributed by atoms with Crippen molar-refractivity contribution in [3.05, 3.63) is 0 Å². The maximum Gasteiger partial charge on any atom is 0.320 e. The van der Waals surface area contributed by atoms with Crippen molar-refractivity contribution in [3.63, 3.8) is 0 Å². The summed E-state index contributed by atoms with van der Waals surface area (Å²) in [4.78, 5) is 13.1. The Morgan fingerprint density at radius 3 is 2.53 bits per heavy atom. The smallest absolute Gasteiger partial charge is 0.320 e. The summed E-state index contributed by atoms with van der Waals surface area (Å²) in [6.07, 6.45) is 3.81. The highest BCUT2D eigenvalue weighted by molar-refractivity contribution is 5.85. The van der Waals surface area contributed by atoms with Crippen molar-refractivity contribution in [2.75, 3.05) is 19.8 Å². The van der Waals surface area contributed by atoms with Gasteiger partial charge in [-0.2, -0.15) is 0 Å². The van der Waals surface area contributed by atoms with Crippen molar-refractivity contribution >= 4 is 18.4 Å². The molecule has 2 heterocycles. The second kappa shape index (κ2) is 5.68. The van der Waals surface area contributed by atoms with Crippen LogP contribution in [0.2, 0.25) is 0 Å². The largest absolute Gasteiger partial charge is 0.480 e. The lowest BCUT2D eigenvalue weighted by Crippen LogP contribution is -2.45. The van der Waals surface area contributed by atoms with E-state index < -0.39 is 5.97 Å². The third-order valence-electron chi connectivity index (χ3n) is 3.24. The first-order valence-corrected chi connectivity index (χ1v) is 5.35. The van der Waals surface area contributed by atoms with Crippen molar-refractivity contribution in [2.24, 2.45) is 0 Å². The van der Waals surface area contributed by atoms with Crippen LogP contribution in [-0.2, 0) is 9.53 Å². The summed E-state index contributed by atoms with van der Waals surface area (Å²) in [6.45, 7) is 2.52. The first-order valence-electron chi connectivity index (χ1n) is 5.35. The summed E-state index contributed by atoms with van der Waals surface area (Å²) in [7, 11) is 0. The molecule has 1 unspecified atom stereocenters. The number of hydrogen-bond donors (Lipinski definition) is 1. The van der Waals surface area contributed by atoms with Gasteiger partial charge in [-0.15, -0.1) is 12.4 Å². The number of likely N-dealkylation sites (tertiary alicyclic amines) is 1. The molecule has 0 aliphatic carbocycles. The normalized spacial score (nSPS) is 28.7. The number of halogens is 1. The Hall–Kier alpha value is -0.320. The summed E-state index contributed by atoms with van der Waals surface area (Å²) in [6, 6.07) is 0.199. The van der Waals surface area contributed by atoms with E-state index in [0.717, 1.165) is 45.4 Å². The molecule has 0 saturated carbocycles. The molecular weight excluding hydrogens is 218 g/mol. The van der Waals surface area contributed by atoms with E-state index in [2.05, 4.69) is 4.90 Å². The lowest BCUT2D eigenvalue weighted by Gasteiger charge is -2.33. The van der Waals surface area contributed by atoms with Gasteiger partial charge in [0.2, 0.25) is 0 Å². The van der Waals surface area contributed by atoms with Crippen LogP contribution < -0.4 is 0 Å². The fourth-order valence-corrected chi connectivity index (χ4v) is 2.51. The summed E-state index contributed by atoms with van der Waals surface area (Å²) in [5.74, 6) is -0.658. The van der Waals surface area contributed by atoms with Crippen molar-refractivity contribution in [1.29, 1.82) is 0 Å². The fraction of sp³-hybridized carbons (Fsp3) is 0.900. The standard InChI is InChI=1S/C10H17NO3.ClH/c12-10(13)9-2-1-5-11(9)8-3-6-14-7-4-8;/h8-9H,1-7H2,(H,12,13);1H. The number of nitrogens with zero attached hydrogens (tertiary/aromatic N) is 1. The van der Waals surface area contributed by atoms with Crippen molar-refractivity contribution in [1.82, 2.24) is 4.90 Å². The maximum absolute atomic E-state index is 11.0. The zero-order valence-corrected chi connectivity index (χ0v) is 9.54. The molecule has 1 N–H and O–H groups in total. The van der Waals surface area contributed by atoms with Crippen LogP contribution in [-0.4, -0.2) is 47.8 Å². The van der Waals surface area contributed by atoms with E-state index >= 15 is 0 Å². The van der Waals surface area contributed by atoms with Crippen LogP contribution in [0.4, 0.5) is 0 Å². The molecule has 2 aliphatic rings. The molecule has 2 aliphatic heterocycles. The topological polar surface area (TPSA) is 49.8 Å². The van der Waals surface area contributed by atoms with E-state index in [1.807, 2.05) is 0 Å². The molecule has 0 bridgehead atoms. The number of hydrogen-bond acceptors (Lipinski definition) is 3. The fourth-order valence-electron chi connectivity index (χ4n) is 2.51. The van der Waals surface area contributed by atoms with Gasteiger partial charge in [0.15, 0.2) is 0 Å². The van der Waals surface area contributed by atoms with Gasteiger partial charge in [-0.1, -0.05) is 0 Å². The van der Waals surface area contributed by atoms with Gasteiger partial charge in [-0.3, -0.25) is 9.69 Å². The maximum atomic E-state index is 11.0. The predicted octanol–water partition coefficient (Wildman–Crippen LogP) is 1.14. The number of aliphatic carboxylic acids is 1. The summed E-state index contributed by atoms with van der Waals surface area (Å²) in [5, 5.41) is 9.04. The molecule has 5 heteroatoms. The van der Waals surface area contributed by atoms with E-state index in [9.17, 15) is 4.79 Å². The van der Waals surface area contributed by atoms with Gasteiger partial charge in [0.05, 0.1) is 0 Å². The summed E-state index contributed by atoms with van der Waals surface area (Å²) in [5.41, 5.74) is 0. The molecule has 0 radical (unpaired) electrons. The Morgan fingerprint density at radius 2 is 1.93 bits per heavy atom. The monoisotopic (exact) mass is 235 g/mol. The van der Waals surface area contributed by atoms with E-state index in [1.54, 1.807) is 0 Å². The molecule has 0 aromatic heterocycles. The highest BCUT2D eigenvalue weighted by Crippen LogP contribution is 2.25. The number of carboxylic acids is 1. The third kappa shape index (κ3) is 2.83. The van der Waals surface area contributed by atoms with Crippen LogP contribution in [0.5, 0.6) is 0 Å². The lowest BCUT2D eigenvalue weighted by atomic mass is 10.1. The van der Waals surface area contributed by atoms with Gasteiger partial charge in [0.1, 0.15) is 6.04 Å². The Morgan fingerprint density at radius 1 is 1.27 bits per heavy atom. The average molecular weight is 236 g/mol. The Labute approximate surface area is 96.0 Å². The van der Waals surface area contributed by atoms with Crippen LogP contribution in [0.3, 0.4) is 0 Å². The molecule has 0 aromatic rings. The van der Waals surface area contributed by atoms with Gasteiger partial charge in [-0.05, 0) is 32.2 Å². The number of rotatable bonds is 2. The minimum atomic E-state index is -0.658. The van der Waals surface area contributed by atoms with Crippen molar-refractivity contribution in [2.45, 2.75) is 37.8 Å². The van der Waals surface area contributed by atoms with Crippen LogP contribution in [0, 0.1) is 0 Å². The molecule has 88 valence electrons. The number of ether oxygens (including phenoxy) is 1. The molecule has 0 amide bonds. The molecule has 2 fully saturated rings. The van der Waals surface area contributed by atoms with Crippen molar-refractivity contribution in [3.8, 4) is 0 Å². The van der Waals surface area contributed by atoms with E-state index in [-0.39, 0.29) is 18.4 Å². The van der Waals surface area contributed by atoms with Crippen LogP contribution >= 0.6 is 12.4 Å². The van der Waals surface area contributed by atoms with Gasteiger partial charge >= 0.3 is 5.97 Å². The minimum Gasteiger partial charge on any atom is -0.480 e. The van der Waals surface area contributed by atoms with Gasteiger partial charge < -0.3 is 9.84 Å². The van der Waals surface area contributed by atoms with Gasteiger partial charge in [0.25, 0.3) is 0 Å². The lowest BCUT2D eigenvalue weighted by molar-refractivity contribution is -0.143. The number of carboxylic acid groups (broad SMARTS) is 1. The Bertz CT molecular complexity index is 219. The molecule has 0 spiro atoms. The summed E-state index contributed by atoms with van der Waals surface area (Å²) >= 11 is 0. The molecule has 15 heavy (non-hydrogen) atoms. The zero-order valence-electron chi connectivity index (χ0n) is 8.72. The molecule has 2 saturated heterocycles. The Kier molecular flexibility index (Phi) is 4.83. The SMILES string of the molecule is Cl.O=C(O)C1CCCN1C1CCOCC1. The first kappa shape index (κ1) is 12.7. The average Bonchev–Trinajstić information content (AvgIpc) is 2.67.